The zero-order valence-corrected chi connectivity index (χ0v) is 20.3. The molecule has 32 heavy (non-hydrogen) atoms. The van der Waals surface area contributed by atoms with E-state index in [0.717, 1.165) is 40.4 Å². The van der Waals surface area contributed by atoms with Crippen molar-refractivity contribution < 1.29 is 14.3 Å². The summed E-state index contributed by atoms with van der Waals surface area (Å²) in [6.45, 7) is 9.18. The van der Waals surface area contributed by atoms with Gasteiger partial charge >= 0.3 is 6.09 Å². The highest BCUT2D eigenvalue weighted by Crippen LogP contribution is 2.19. The lowest BCUT2D eigenvalue weighted by Crippen LogP contribution is -2.26. The maximum Gasteiger partial charge on any atom is 0.407 e. The van der Waals surface area contributed by atoms with Crippen molar-refractivity contribution in [2.45, 2.75) is 52.0 Å². The molecule has 172 valence electrons. The van der Waals surface area contributed by atoms with E-state index in [-0.39, 0.29) is 13.2 Å². The molecule has 8 heteroatoms. The van der Waals surface area contributed by atoms with Gasteiger partial charge in [-0.2, -0.15) is 0 Å². The summed E-state index contributed by atoms with van der Waals surface area (Å²) in [4.78, 5) is 17.0. The van der Waals surface area contributed by atoms with Crippen LogP contribution in [-0.2, 0) is 35.8 Å². The first-order valence-electron chi connectivity index (χ1n) is 11.1. The van der Waals surface area contributed by atoms with Crippen LogP contribution in [0.15, 0.2) is 48.5 Å². The molecule has 0 fully saturated rings. The minimum absolute atomic E-state index is 0.228. The number of nitrogens with two attached hydrogens (primary N) is 1. The van der Waals surface area contributed by atoms with Crippen molar-refractivity contribution in [2.24, 2.45) is 5.73 Å². The molecule has 0 unspecified atom stereocenters. The molecule has 3 rings (SSSR count). The lowest BCUT2D eigenvalue weighted by atomic mass is 10.1. The van der Waals surface area contributed by atoms with Crippen molar-refractivity contribution in [2.75, 3.05) is 13.2 Å². The van der Waals surface area contributed by atoms with E-state index < -0.39 is 14.2 Å². The van der Waals surface area contributed by atoms with E-state index in [1.165, 1.54) is 0 Å². The summed E-state index contributed by atoms with van der Waals surface area (Å²) in [7, 11) is -1.17. The van der Waals surface area contributed by atoms with Crippen molar-refractivity contribution in [3.63, 3.8) is 0 Å². The summed E-state index contributed by atoms with van der Waals surface area (Å²) in [5.41, 5.74) is 9.64. The second-order valence-corrected chi connectivity index (χ2v) is 14.7. The van der Waals surface area contributed by atoms with E-state index >= 15 is 0 Å². The van der Waals surface area contributed by atoms with Crippen LogP contribution >= 0.6 is 0 Å². The third kappa shape index (κ3) is 7.18. The molecule has 0 spiro atoms. The number of amides is 1. The number of ether oxygens (including phenoxy) is 2. The summed E-state index contributed by atoms with van der Waals surface area (Å²) >= 11 is 0. The number of aromatic nitrogens is 2. The van der Waals surface area contributed by atoms with Gasteiger partial charge in [0.05, 0.1) is 17.6 Å². The Morgan fingerprint density at radius 2 is 1.91 bits per heavy atom. The van der Waals surface area contributed by atoms with Crippen LogP contribution in [0.3, 0.4) is 0 Å². The molecule has 3 N–H and O–H groups in total. The van der Waals surface area contributed by atoms with Crippen molar-refractivity contribution in [1.29, 1.82) is 0 Å². The molecule has 0 radical (unpaired) electrons. The number of alkyl carbamates (subject to hydrolysis) is 1. The lowest BCUT2D eigenvalue weighted by Gasteiger charge is -2.16. The largest absolute Gasteiger partial charge is 0.445 e. The first kappa shape index (κ1) is 24.0. The molecule has 1 heterocycles. The number of nitrogens with zero attached hydrogens (tertiary/aromatic N) is 2. The van der Waals surface area contributed by atoms with Crippen LogP contribution in [0.1, 0.15) is 17.0 Å². The van der Waals surface area contributed by atoms with E-state index in [1.54, 1.807) is 0 Å². The molecule has 0 aliphatic rings. The molecule has 0 atom stereocenters. The standard InChI is InChI=1S/C24H34N4O3Si/c1-32(2,3)14-13-30-18-28-22-10-9-19(11-12-25)15-21(22)27-23(28)16-26-24(29)31-17-20-7-5-4-6-8-20/h4-10,15H,11-14,16-18,25H2,1-3H3,(H,26,29). The average molecular weight is 455 g/mol. The summed E-state index contributed by atoms with van der Waals surface area (Å²) in [5.74, 6) is 0.731. The Hall–Kier alpha value is -2.68. The van der Waals surface area contributed by atoms with Crippen LogP contribution in [0.25, 0.3) is 11.0 Å². The summed E-state index contributed by atoms with van der Waals surface area (Å²) in [6, 6.07) is 16.9. The molecule has 1 amide bonds. The number of carbonyl (C=O) groups excluding carboxylic acids is 1. The number of benzene rings is 2. The second kappa shape index (κ2) is 11.3. The van der Waals surface area contributed by atoms with Gasteiger partial charge in [0.25, 0.3) is 0 Å². The van der Waals surface area contributed by atoms with Gasteiger partial charge in [-0.25, -0.2) is 9.78 Å². The normalized spacial score (nSPS) is 11.6. The quantitative estimate of drug-likeness (QED) is 0.333. The first-order chi connectivity index (χ1) is 15.4. The van der Waals surface area contributed by atoms with Crippen LogP contribution in [-0.4, -0.2) is 36.9 Å². The Balaban J connectivity index is 1.67. The third-order valence-corrected chi connectivity index (χ3v) is 6.85. The molecule has 0 aliphatic carbocycles. The predicted molar refractivity (Wildman–Crippen MR) is 130 cm³/mol. The molecular weight excluding hydrogens is 420 g/mol. The van der Waals surface area contributed by atoms with Gasteiger partial charge < -0.3 is 25.1 Å². The Kier molecular flexibility index (Phi) is 8.44. The van der Waals surface area contributed by atoms with Crippen molar-refractivity contribution in [1.82, 2.24) is 14.9 Å². The zero-order valence-electron chi connectivity index (χ0n) is 19.3. The van der Waals surface area contributed by atoms with Crippen LogP contribution < -0.4 is 11.1 Å². The minimum atomic E-state index is -1.17. The van der Waals surface area contributed by atoms with Crippen molar-refractivity contribution in [3.05, 3.63) is 65.5 Å². The molecule has 0 saturated carbocycles. The number of rotatable bonds is 11. The van der Waals surface area contributed by atoms with E-state index in [9.17, 15) is 4.79 Å². The second-order valence-electron chi connectivity index (χ2n) is 9.08. The molecule has 1 aromatic heterocycles. The Bertz CT molecular complexity index is 1020. The fraction of sp³-hybridized carbons (Fsp3) is 0.417. The van der Waals surface area contributed by atoms with Gasteiger partial charge in [-0.15, -0.1) is 0 Å². The number of fused-ring (bicyclic) bond motifs is 1. The summed E-state index contributed by atoms with van der Waals surface area (Å²) < 4.78 is 13.3. The molecule has 0 bridgehead atoms. The molecule has 0 aliphatic heterocycles. The van der Waals surface area contributed by atoms with E-state index in [4.69, 9.17) is 20.2 Å². The molecule has 7 nitrogen and oxygen atoms in total. The first-order valence-corrected chi connectivity index (χ1v) is 14.8. The van der Waals surface area contributed by atoms with Crippen molar-refractivity contribution >= 4 is 25.2 Å². The Labute approximate surface area is 190 Å². The maximum atomic E-state index is 12.2. The number of nitrogens with one attached hydrogen (secondary N) is 1. The van der Waals surface area contributed by atoms with E-state index in [0.29, 0.717) is 19.9 Å². The fourth-order valence-electron chi connectivity index (χ4n) is 3.29. The highest BCUT2D eigenvalue weighted by Gasteiger charge is 2.15. The van der Waals surface area contributed by atoms with E-state index in [2.05, 4.69) is 37.1 Å². The smallest absolute Gasteiger partial charge is 0.407 e. The number of carbonyl (C=O) groups is 1. The van der Waals surface area contributed by atoms with Crippen LogP contribution in [0.4, 0.5) is 4.79 Å². The van der Waals surface area contributed by atoms with Gasteiger partial charge in [0, 0.05) is 14.7 Å². The van der Waals surface area contributed by atoms with Gasteiger partial charge in [-0.3, -0.25) is 0 Å². The van der Waals surface area contributed by atoms with Crippen LogP contribution in [0.5, 0.6) is 0 Å². The van der Waals surface area contributed by atoms with E-state index in [1.807, 2.05) is 41.0 Å². The highest BCUT2D eigenvalue weighted by molar-refractivity contribution is 6.76. The molecule has 2 aromatic carbocycles. The van der Waals surface area contributed by atoms with Gasteiger partial charge in [0.2, 0.25) is 0 Å². The van der Waals surface area contributed by atoms with Gasteiger partial charge in [0.15, 0.2) is 0 Å². The predicted octanol–water partition coefficient (Wildman–Crippen LogP) is 4.28. The minimum Gasteiger partial charge on any atom is -0.445 e. The maximum absolute atomic E-state index is 12.2. The highest BCUT2D eigenvalue weighted by atomic mass is 28.3. The van der Waals surface area contributed by atoms with Gasteiger partial charge in [-0.1, -0.05) is 56.0 Å². The number of hydrogen-bond acceptors (Lipinski definition) is 5. The fourth-order valence-corrected chi connectivity index (χ4v) is 4.04. The monoisotopic (exact) mass is 454 g/mol. The number of hydrogen-bond donors (Lipinski definition) is 2. The SMILES string of the molecule is C[Si](C)(C)CCOCn1c(CNC(=O)OCc2ccccc2)nc2cc(CCN)ccc21. The van der Waals surface area contributed by atoms with Gasteiger partial charge in [0.1, 0.15) is 19.2 Å². The number of imidazole rings is 1. The Morgan fingerprint density at radius 3 is 2.62 bits per heavy atom. The molecular formula is C24H34N4O3Si. The molecule has 0 saturated heterocycles. The van der Waals surface area contributed by atoms with Crippen LogP contribution in [0.2, 0.25) is 25.7 Å². The average Bonchev–Trinajstić information content (AvgIpc) is 3.11. The summed E-state index contributed by atoms with van der Waals surface area (Å²) in [6.07, 6.45) is 0.325. The zero-order chi connectivity index (χ0) is 23.0. The topological polar surface area (TPSA) is 91.4 Å². The lowest BCUT2D eigenvalue weighted by molar-refractivity contribution is 0.0873. The summed E-state index contributed by atoms with van der Waals surface area (Å²) in [5, 5.41) is 2.81. The van der Waals surface area contributed by atoms with Crippen LogP contribution in [0, 0.1) is 0 Å². The third-order valence-electron chi connectivity index (χ3n) is 5.15. The van der Waals surface area contributed by atoms with Gasteiger partial charge in [-0.05, 0) is 42.3 Å². The van der Waals surface area contributed by atoms with Crippen molar-refractivity contribution in [3.8, 4) is 0 Å². The molecule has 3 aromatic rings. The Morgan fingerprint density at radius 1 is 1.12 bits per heavy atom.